The first-order valence-electron chi connectivity index (χ1n) is 30.2. The molecule has 3 saturated heterocycles. The number of piperazine rings is 2. The number of alkyl halides is 3. The van der Waals surface area contributed by atoms with Gasteiger partial charge in [0.05, 0.1) is 10.6 Å². The highest BCUT2D eigenvalue weighted by Gasteiger charge is 2.49. The van der Waals surface area contributed by atoms with Gasteiger partial charge in [-0.15, -0.1) is 11.8 Å². The number of sulfone groups is 1. The number of carbonyl (C=O) groups excluding carboxylic acids is 4. The second kappa shape index (κ2) is 28.2. The molecule has 3 N–H and O–H groups in total. The molecule has 16 nitrogen and oxygen atoms in total. The molecule has 10 rings (SSSR count). The first kappa shape index (κ1) is 65.2. The van der Waals surface area contributed by atoms with E-state index in [1.54, 1.807) is 18.2 Å². The quantitative estimate of drug-likeness (QED) is 0.0272. The normalized spacial score (nSPS) is 19.1. The van der Waals surface area contributed by atoms with Crippen LogP contribution in [0.25, 0.3) is 5.57 Å². The standard InChI is InChI=1S/C66H74ClF3N8O8S3/c1-65(2)29-27-56(47-14-18-51(67)19-15-47)50(42-65)43-76-36-38-77(39-37-76)53-20-16-48(17-21-53)62(80)73-89(85,86)55-22-24-58(60(41-55)88(83,84)66(68,69)70)71-52(45-87-54-11-7-5-8-12-54)28-31-75-34-32-74(33-35-75)30-9-4-3-6-10-46-13-23-57-49(40-46)44-78(64(57)82)59-25-26-61(79)72-63(59)81/h5,7-8,11-24,40-41,52,59,71H,3-4,9,25-39,42-45H2,1-2H3,(H,73,80)(H,72,79,81)/t52-,59?/m1/s1. The van der Waals surface area contributed by atoms with E-state index in [-0.39, 0.29) is 35.8 Å². The minimum absolute atomic E-state index is 0.0176. The topological polar surface area (TPSA) is 189 Å². The van der Waals surface area contributed by atoms with E-state index < -0.39 is 64.7 Å². The van der Waals surface area contributed by atoms with Crippen LogP contribution in [0.2, 0.25) is 5.02 Å². The number of piperidine rings is 1. The molecule has 23 heteroatoms. The highest BCUT2D eigenvalue weighted by molar-refractivity contribution is 7.99. The maximum Gasteiger partial charge on any atom is 0.501 e. The molecular weight excluding hydrogens is 1220 g/mol. The van der Waals surface area contributed by atoms with Gasteiger partial charge in [0.15, 0.2) is 0 Å². The van der Waals surface area contributed by atoms with E-state index in [1.807, 2.05) is 59.3 Å². The van der Waals surface area contributed by atoms with E-state index in [9.17, 15) is 49.2 Å². The summed E-state index contributed by atoms with van der Waals surface area (Å²) in [6.07, 6.45) is 6.49. The maximum absolute atomic E-state index is 14.5. The van der Waals surface area contributed by atoms with Gasteiger partial charge in [-0.2, -0.15) is 13.2 Å². The largest absolute Gasteiger partial charge is 0.501 e. The monoisotopic (exact) mass is 1290 g/mol. The molecule has 5 aromatic carbocycles. The number of hydrogen-bond donors (Lipinski definition) is 3. The van der Waals surface area contributed by atoms with Crippen LogP contribution in [0.3, 0.4) is 0 Å². The summed E-state index contributed by atoms with van der Waals surface area (Å²) in [6, 6.07) is 30.5. The van der Waals surface area contributed by atoms with Crippen LogP contribution in [0, 0.1) is 17.3 Å². The zero-order valence-corrected chi connectivity index (χ0v) is 53.1. The number of benzene rings is 5. The molecule has 0 bridgehead atoms. The van der Waals surface area contributed by atoms with Gasteiger partial charge in [-0.25, -0.2) is 21.6 Å². The summed E-state index contributed by atoms with van der Waals surface area (Å²) >= 11 is 7.66. The number of thioether (sulfide) groups is 1. The number of anilines is 2. The van der Waals surface area contributed by atoms with Gasteiger partial charge in [-0.3, -0.25) is 29.4 Å². The van der Waals surface area contributed by atoms with Crippen molar-refractivity contribution in [2.45, 2.75) is 110 Å². The number of amides is 4. The molecule has 2 atom stereocenters. The van der Waals surface area contributed by atoms with Crippen molar-refractivity contribution in [3.05, 3.63) is 154 Å². The van der Waals surface area contributed by atoms with Crippen LogP contribution >= 0.6 is 23.4 Å². The number of fused-ring (bicyclic) bond motifs is 1. The average molecular weight is 1300 g/mol. The molecule has 1 unspecified atom stereocenters. The molecule has 0 radical (unpaired) electrons. The van der Waals surface area contributed by atoms with Gasteiger partial charge in [-0.1, -0.05) is 73.2 Å². The predicted molar refractivity (Wildman–Crippen MR) is 341 cm³/mol. The van der Waals surface area contributed by atoms with E-state index in [2.05, 4.69) is 68.1 Å². The number of hydrogen-bond acceptors (Lipinski definition) is 14. The number of sulfonamides is 1. The molecule has 0 spiro atoms. The van der Waals surface area contributed by atoms with Gasteiger partial charge in [0.1, 0.15) is 10.9 Å². The Kier molecular flexibility index (Phi) is 20.7. The molecule has 1 aliphatic carbocycles. The minimum Gasteiger partial charge on any atom is -0.380 e. The Labute approximate surface area is 528 Å². The third-order valence-corrected chi connectivity index (χ3v) is 21.6. The van der Waals surface area contributed by atoms with Crippen molar-refractivity contribution in [2.75, 3.05) is 88.0 Å². The lowest BCUT2D eigenvalue weighted by atomic mass is 9.73. The van der Waals surface area contributed by atoms with Crippen LogP contribution < -0.4 is 20.3 Å². The van der Waals surface area contributed by atoms with E-state index in [1.165, 1.54) is 45.5 Å². The van der Waals surface area contributed by atoms with Gasteiger partial charge < -0.3 is 24.9 Å². The maximum atomic E-state index is 14.5. The lowest BCUT2D eigenvalue weighted by molar-refractivity contribution is -0.136. The molecule has 4 aliphatic heterocycles. The van der Waals surface area contributed by atoms with Gasteiger partial charge in [0.25, 0.3) is 31.7 Å². The first-order chi connectivity index (χ1) is 42.5. The minimum atomic E-state index is -6.12. The average Bonchev–Trinajstić information content (AvgIpc) is 1.63. The number of carbonyl (C=O) groups is 4. The van der Waals surface area contributed by atoms with Crippen LogP contribution in [0.5, 0.6) is 0 Å². The van der Waals surface area contributed by atoms with Crippen LogP contribution in [0.1, 0.15) is 109 Å². The van der Waals surface area contributed by atoms with E-state index in [0.29, 0.717) is 48.2 Å². The van der Waals surface area contributed by atoms with Crippen molar-refractivity contribution in [2.24, 2.45) is 5.41 Å². The summed E-state index contributed by atoms with van der Waals surface area (Å²) in [7, 11) is -11.0. The summed E-state index contributed by atoms with van der Waals surface area (Å²) in [6.45, 7) is 13.3. The Morgan fingerprint density at radius 1 is 0.809 bits per heavy atom. The highest BCUT2D eigenvalue weighted by atomic mass is 35.5. The van der Waals surface area contributed by atoms with Gasteiger partial charge in [-0.05, 0) is 159 Å². The summed E-state index contributed by atoms with van der Waals surface area (Å²) in [4.78, 5) is 60.3. The Morgan fingerprint density at radius 3 is 2.20 bits per heavy atom. The van der Waals surface area contributed by atoms with Crippen molar-refractivity contribution in [1.29, 1.82) is 0 Å². The molecule has 5 aromatic rings. The second-order valence-electron chi connectivity index (χ2n) is 24.2. The summed E-state index contributed by atoms with van der Waals surface area (Å²) in [5.74, 6) is 4.73. The Bertz CT molecular complexity index is 3750. The van der Waals surface area contributed by atoms with Gasteiger partial charge >= 0.3 is 5.51 Å². The third kappa shape index (κ3) is 16.4. The third-order valence-electron chi connectivity index (χ3n) is 17.3. The molecule has 472 valence electrons. The molecule has 3 fully saturated rings. The van der Waals surface area contributed by atoms with Gasteiger partial charge in [0.2, 0.25) is 11.8 Å². The number of rotatable bonds is 21. The lowest BCUT2D eigenvalue weighted by Crippen LogP contribution is -2.52. The van der Waals surface area contributed by atoms with Crippen LogP contribution in [0.15, 0.2) is 136 Å². The van der Waals surface area contributed by atoms with Crippen LogP contribution in [0.4, 0.5) is 24.5 Å². The Hall–Kier alpha value is -6.71. The summed E-state index contributed by atoms with van der Waals surface area (Å²) < 4.78 is 99.8. The molecule has 4 amide bonds. The van der Waals surface area contributed by atoms with Crippen LogP contribution in [-0.4, -0.2) is 155 Å². The molecule has 0 saturated carbocycles. The predicted octanol–water partition coefficient (Wildman–Crippen LogP) is 10.1. The first-order valence-corrected chi connectivity index (χ1v) is 34.5. The van der Waals surface area contributed by atoms with Crippen LogP contribution in [-0.2, 0) is 36.0 Å². The fourth-order valence-corrected chi connectivity index (χ4v) is 15.4. The number of unbranched alkanes of at least 4 members (excludes halogenated alkanes) is 2. The van der Waals surface area contributed by atoms with Crippen molar-refractivity contribution in [3.8, 4) is 11.8 Å². The number of halogens is 4. The highest BCUT2D eigenvalue weighted by Crippen LogP contribution is 2.43. The Balaban J connectivity index is 0.720. The SMILES string of the molecule is CC1(C)CCC(c2ccc(Cl)cc2)=C(CN2CCN(c3ccc(C(=O)NS(=O)(=O)c4ccc(N[C@H](CCN5CCN(CCCCC#Cc6ccc7c(c6)CN(C6CCC(=O)NC6=O)C7=O)CC5)CSc5ccccc5)c(S(=O)(=O)C(F)(F)F)c4)cc3)CC2)C1. The molecule has 4 heterocycles. The molecular formula is C66H74ClF3N8O8S3. The fraction of sp³-hybridized carbons (Fsp3) is 0.424. The number of nitrogens with zero attached hydrogens (tertiary/aromatic N) is 5. The van der Waals surface area contributed by atoms with Crippen molar-refractivity contribution in [1.82, 2.24) is 29.6 Å². The molecule has 0 aromatic heterocycles. The zero-order valence-electron chi connectivity index (χ0n) is 49.9. The van der Waals surface area contributed by atoms with E-state index in [4.69, 9.17) is 11.6 Å². The summed E-state index contributed by atoms with van der Waals surface area (Å²) in [5.41, 5.74) is 0.967. The van der Waals surface area contributed by atoms with Crippen molar-refractivity contribution >= 4 is 83.8 Å². The van der Waals surface area contributed by atoms with E-state index in [0.717, 1.165) is 131 Å². The number of imide groups is 1. The zero-order chi connectivity index (χ0) is 63.1. The molecule has 89 heavy (non-hydrogen) atoms. The fourth-order valence-electron chi connectivity index (χ4n) is 12.3. The van der Waals surface area contributed by atoms with Crippen molar-refractivity contribution in [3.63, 3.8) is 0 Å². The molecule has 5 aliphatic rings. The van der Waals surface area contributed by atoms with E-state index >= 15 is 0 Å². The Morgan fingerprint density at radius 2 is 1.51 bits per heavy atom. The van der Waals surface area contributed by atoms with Crippen molar-refractivity contribution < 1.29 is 49.2 Å². The number of nitrogens with one attached hydrogen (secondary N) is 3. The van der Waals surface area contributed by atoms with Gasteiger partial charge in [0, 0.05) is 129 Å². The lowest BCUT2D eigenvalue weighted by Gasteiger charge is -2.39. The smallest absolute Gasteiger partial charge is 0.380 e. The second-order valence-corrected chi connectivity index (χ2v) is 29.4. The number of allylic oxidation sites excluding steroid dienone is 1. The summed E-state index contributed by atoms with van der Waals surface area (Å²) in [5, 5.41) is 6.09.